The van der Waals surface area contributed by atoms with E-state index in [1.54, 1.807) is 0 Å². The molecule has 1 N–H and O–H groups in total. The van der Waals surface area contributed by atoms with E-state index in [9.17, 15) is 4.79 Å². The third-order valence-corrected chi connectivity index (χ3v) is 6.03. The normalized spacial score (nSPS) is 36.1. The van der Waals surface area contributed by atoms with Crippen LogP contribution in [0.5, 0.6) is 0 Å². The van der Waals surface area contributed by atoms with Gasteiger partial charge < -0.3 is 10.2 Å². The van der Waals surface area contributed by atoms with Gasteiger partial charge in [0.2, 0.25) is 5.91 Å². The van der Waals surface area contributed by atoms with E-state index >= 15 is 0 Å². The molecule has 3 aliphatic rings. The Morgan fingerprint density at radius 2 is 2.05 bits per heavy atom. The largest absolute Gasteiger partial charge is 0.342 e. The zero-order chi connectivity index (χ0) is 14.2. The summed E-state index contributed by atoms with van der Waals surface area (Å²) in [6.45, 7) is 8.86. The summed E-state index contributed by atoms with van der Waals surface area (Å²) in [6, 6.07) is 0. The van der Waals surface area contributed by atoms with Crippen molar-refractivity contribution in [3.63, 3.8) is 0 Å². The fourth-order valence-corrected chi connectivity index (χ4v) is 4.71. The second-order valence-corrected chi connectivity index (χ2v) is 7.79. The minimum atomic E-state index is 0.355. The van der Waals surface area contributed by atoms with Gasteiger partial charge in [0, 0.05) is 19.0 Å². The minimum Gasteiger partial charge on any atom is -0.342 e. The van der Waals surface area contributed by atoms with Crippen molar-refractivity contribution in [2.45, 2.75) is 58.8 Å². The molecule has 3 heteroatoms. The van der Waals surface area contributed by atoms with Crippen LogP contribution in [0.15, 0.2) is 0 Å². The van der Waals surface area contributed by atoms with Crippen molar-refractivity contribution in [1.29, 1.82) is 0 Å². The molecule has 2 atom stereocenters. The van der Waals surface area contributed by atoms with Crippen molar-refractivity contribution < 1.29 is 4.79 Å². The Morgan fingerprint density at radius 1 is 1.30 bits per heavy atom. The molecular formula is C17H30N2O. The molecular weight excluding hydrogens is 248 g/mol. The molecule has 2 unspecified atom stereocenters. The molecule has 1 amide bonds. The molecule has 3 rings (SSSR count). The maximum Gasteiger partial charge on any atom is 0.226 e. The highest BCUT2D eigenvalue weighted by Crippen LogP contribution is 2.59. The topological polar surface area (TPSA) is 32.3 Å². The standard InChI is InChI=1S/C17H30N2O/c1-3-5-16(2)6-4-11-19(13-16)15(20)14-12-17(14)7-9-18-10-8-17/h14,18H,3-13H2,1-2H3. The number of rotatable bonds is 3. The molecule has 20 heavy (non-hydrogen) atoms. The van der Waals surface area contributed by atoms with E-state index in [1.807, 2.05) is 0 Å². The average molecular weight is 278 g/mol. The van der Waals surface area contributed by atoms with E-state index in [0.717, 1.165) is 32.6 Å². The predicted octanol–water partition coefficient (Wildman–Crippen LogP) is 2.80. The molecule has 0 aromatic rings. The summed E-state index contributed by atoms with van der Waals surface area (Å²) in [4.78, 5) is 15.0. The number of amides is 1. The summed E-state index contributed by atoms with van der Waals surface area (Å²) >= 11 is 0. The van der Waals surface area contributed by atoms with Crippen LogP contribution >= 0.6 is 0 Å². The smallest absolute Gasteiger partial charge is 0.226 e. The Morgan fingerprint density at radius 3 is 2.75 bits per heavy atom. The van der Waals surface area contributed by atoms with Crippen LogP contribution in [0.25, 0.3) is 0 Å². The van der Waals surface area contributed by atoms with E-state index in [2.05, 4.69) is 24.1 Å². The maximum absolute atomic E-state index is 12.8. The minimum absolute atomic E-state index is 0.355. The Kier molecular flexibility index (Phi) is 3.83. The first kappa shape index (κ1) is 14.4. The lowest BCUT2D eigenvalue weighted by Crippen LogP contribution is -2.46. The summed E-state index contributed by atoms with van der Waals surface area (Å²) < 4.78 is 0. The van der Waals surface area contributed by atoms with Crippen molar-refractivity contribution in [2.24, 2.45) is 16.7 Å². The first-order valence-corrected chi connectivity index (χ1v) is 8.58. The molecule has 1 saturated carbocycles. The molecule has 2 aliphatic heterocycles. The number of nitrogens with zero attached hydrogens (tertiary/aromatic N) is 1. The van der Waals surface area contributed by atoms with Crippen LogP contribution in [-0.2, 0) is 4.79 Å². The van der Waals surface area contributed by atoms with Crippen LogP contribution < -0.4 is 5.32 Å². The summed E-state index contributed by atoms with van der Waals surface area (Å²) in [5.74, 6) is 0.836. The number of piperidine rings is 2. The molecule has 0 aromatic carbocycles. The van der Waals surface area contributed by atoms with Gasteiger partial charge in [0.05, 0.1) is 0 Å². The molecule has 1 aliphatic carbocycles. The van der Waals surface area contributed by atoms with Crippen LogP contribution in [-0.4, -0.2) is 37.0 Å². The van der Waals surface area contributed by atoms with Crippen molar-refractivity contribution >= 4 is 5.91 Å². The number of carbonyl (C=O) groups is 1. The first-order chi connectivity index (χ1) is 9.59. The van der Waals surface area contributed by atoms with Gasteiger partial charge in [-0.3, -0.25) is 4.79 Å². The van der Waals surface area contributed by atoms with Crippen molar-refractivity contribution in [3.05, 3.63) is 0 Å². The van der Waals surface area contributed by atoms with Gasteiger partial charge in [0.15, 0.2) is 0 Å². The van der Waals surface area contributed by atoms with E-state index in [0.29, 0.717) is 22.7 Å². The van der Waals surface area contributed by atoms with E-state index in [1.165, 1.54) is 38.5 Å². The number of hydrogen-bond acceptors (Lipinski definition) is 2. The van der Waals surface area contributed by atoms with Crippen LogP contribution in [0.1, 0.15) is 58.8 Å². The number of carbonyl (C=O) groups excluding carboxylic acids is 1. The third-order valence-electron chi connectivity index (χ3n) is 6.03. The van der Waals surface area contributed by atoms with Gasteiger partial charge in [-0.1, -0.05) is 20.3 Å². The van der Waals surface area contributed by atoms with Crippen molar-refractivity contribution in [3.8, 4) is 0 Å². The Bertz CT molecular complexity index is 371. The third kappa shape index (κ3) is 2.61. The maximum atomic E-state index is 12.8. The SMILES string of the molecule is CCCC1(C)CCCN(C(=O)C2CC23CCNCC3)C1. The quantitative estimate of drug-likeness (QED) is 0.861. The fraction of sp³-hybridized carbons (Fsp3) is 0.941. The molecule has 3 nitrogen and oxygen atoms in total. The van der Waals surface area contributed by atoms with Crippen LogP contribution in [0, 0.1) is 16.7 Å². The Hall–Kier alpha value is -0.570. The molecule has 2 heterocycles. The molecule has 0 aromatic heterocycles. The lowest BCUT2D eigenvalue weighted by molar-refractivity contribution is -0.137. The second-order valence-electron chi connectivity index (χ2n) is 7.79. The Balaban J connectivity index is 1.60. The lowest BCUT2D eigenvalue weighted by Gasteiger charge is -2.41. The summed E-state index contributed by atoms with van der Waals surface area (Å²) in [5, 5.41) is 3.42. The summed E-state index contributed by atoms with van der Waals surface area (Å²) in [5.41, 5.74) is 0.764. The predicted molar refractivity (Wildman–Crippen MR) is 81.5 cm³/mol. The van der Waals surface area contributed by atoms with Gasteiger partial charge in [-0.25, -0.2) is 0 Å². The molecule has 0 bridgehead atoms. The number of nitrogens with one attached hydrogen (secondary N) is 1. The zero-order valence-corrected chi connectivity index (χ0v) is 13.2. The van der Waals surface area contributed by atoms with E-state index in [4.69, 9.17) is 0 Å². The molecule has 1 spiro atoms. The van der Waals surface area contributed by atoms with Gasteiger partial charge in [-0.15, -0.1) is 0 Å². The summed E-state index contributed by atoms with van der Waals surface area (Å²) in [6.07, 6.45) is 8.57. The zero-order valence-electron chi connectivity index (χ0n) is 13.2. The van der Waals surface area contributed by atoms with E-state index in [-0.39, 0.29) is 0 Å². The highest BCUT2D eigenvalue weighted by Gasteiger charge is 2.58. The average Bonchev–Trinajstić information content (AvgIpc) is 3.12. The van der Waals surface area contributed by atoms with Crippen molar-refractivity contribution in [1.82, 2.24) is 10.2 Å². The van der Waals surface area contributed by atoms with E-state index < -0.39 is 0 Å². The fourth-order valence-electron chi connectivity index (χ4n) is 4.71. The summed E-state index contributed by atoms with van der Waals surface area (Å²) in [7, 11) is 0. The van der Waals surface area contributed by atoms with Gasteiger partial charge >= 0.3 is 0 Å². The van der Waals surface area contributed by atoms with Crippen LogP contribution in [0.4, 0.5) is 0 Å². The Labute approximate surface area is 123 Å². The van der Waals surface area contributed by atoms with Gasteiger partial charge in [0.25, 0.3) is 0 Å². The van der Waals surface area contributed by atoms with Crippen molar-refractivity contribution in [2.75, 3.05) is 26.2 Å². The number of hydrogen-bond donors (Lipinski definition) is 1. The first-order valence-electron chi connectivity index (χ1n) is 8.58. The monoisotopic (exact) mass is 278 g/mol. The highest BCUT2D eigenvalue weighted by molar-refractivity contribution is 5.83. The van der Waals surface area contributed by atoms with Crippen LogP contribution in [0.2, 0.25) is 0 Å². The molecule has 2 saturated heterocycles. The lowest BCUT2D eigenvalue weighted by atomic mass is 9.78. The van der Waals surface area contributed by atoms with Gasteiger partial charge in [-0.2, -0.15) is 0 Å². The molecule has 3 fully saturated rings. The molecule has 0 radical (unpaired) electrons. The van der Waals surface area contributed by atoms with Gasteiger partial charge in [0.1, 0.15) is 0 Å². The molecule has 114 valence electrons. The van der Waals surface area contributed by atoms with Crippen LogP contribution in [0.3, 0.4) is 0 Å². The van der Waals surface area contributed by atoms with Gasteiger partial charge in [-0.05, 0) is 62.4 Å². The number of likely N-dealkylation sites (tertiary alicyclic amines) is 1. The highest BCUT2D eigenvalue weighted by atomic mass is 16.2. The second kappa shape index (κ2) is 5.32.